The van der Waals surface area contributed by atoms with Crippen LogP contribution in [0.4, 0.5) is 0 Å². The minimum atomic E-state index is -0.876. The molecule has 0 spiro atoms. The fourth-order valence-electron chi connectivity index (χ4n) is 2.49. The van der Waals surface area contributed by atoms with Crippen molar-refractivity contribution in [3.05, 3.63) is 40.7 Å². The van der Waals surface area contributed by atoms with E-state index in [1.54, 1.807) is 23.9 Å². The molecule has 1 heterocycles. The van der Waals surface area contributed by atoms with Crippen molar-refractivity contribution in [3.63, 3.8) is 0 Å². The van der Waals surface area contributed by atoms with Gasteiger partial charge in [0.15, 0.2) is 5.69 Å². The van der Waals surface area contributed by atoms with Crippen LogP contribution in [0.3, 0.4) is 0 Å². The van der Waals surface area contributed by atoms with E-state index in [0.717, 1.165) is 17.8 Å². The van der Waals surface area contributed by atoms with Crippen LogP contribution in [-0.4, -0.2) is 50.5 Å². The van der Waals surface area contributed by atoms with Gasteiger partial charge in [-0.25, -0.2) is 4.68 Å². The van der Waals surface area contributed by atoms with Crippen molar-refractivity contribution in [2.24, 2.45) is 0 Å². The predicted octanol–water partition coefficient (Wildman–Crippen LogP) is 2.81. The molecule has 2 rings (SSSR count). The number of benzene rings is 1. The summed E-state index contributed by atoms with van der Waals surface area (Å²) in [6.45, 7) is 2.36. The molecular weight excluding hydrogens is 344 g/mol. The van der Waals surface area contributed by atoms with Gasteiger partial charge in [0, 0.05) is 25.0 Å². The highest BCUT2D eigenvalue weighted by molar-refractivity contribution is 6.30. The number of nitrogens with zero attached hydrogens (tertiary/aromatic N) is 4. The molecule has 1 aromatic carbocycles. The lowest BCUT2D eigenvalue weighted by Gasteiger charge is -2.16. The Balaban J connectivity index is 2.26. The van der Waals surface area contributed by atoms with Gasteiger partial charge in [-0.1, -0.05) is 36.2 Å². The van der Waals surface area contributed by atoms with E-state index in [1.807, 2.05) is 19.1 Å². The smallest absolute Gasteiger partial charge is 0.303 e. The highest BCUT2D eigenvalue weighted by Gasteiger charge is 2.23. The van der Waals surface area contributed by atoms with Crippen LogP contribution in [-0.2, 0) is 11.2 Å². The molecule has 0 atom stereocenters. The Kier molecular flexibility index (Phi) is 6.52. The number of aromatic nitrogens is 3. The maximum atomic E-state index is 12.7. The molecule has 7 nitrogen and oxygen atoms in total. The highest BCUT2D eigenvalue weighted by atomic mass is 35.5. The normalized spacial score (nSPS) is 10.7. The zero-order valence-corrected chi connectivity index (χ0v) is 15.0. The van der Waals surface area contributed by atoms with E-state index in [2.05, 4.69) is 10.3 Å². The van der Waals surface area contributed by atoms with E-state index < -0.39 is 5.97 Å². The number of carbonyl (C=O) groups excluding carboxylic acids is 1. The van der Waals surface area contributed by atoms with E-state index in [1.165, 1.54) is 4.90 Å². The third kappa shape index (κ3) is 4.79. The number of rotatable bonds is 8. The number of aliphatic carboxylic acids is 1. The molecule has 0 unspecified atom stereocenters. The van der Waals surface area contributed by atoms with E-state index in [0.29, 0.717) is 30.1 Å². The quantitative estimate of drug-likeness (QED) is 0.778. The van der Waals surface area contributed by atoms with E-state index in [4.69, 9.17) is 16.7 Å². The fourth-order valence-corrected chi connectivity index (χ4v) is 2.68. The minimum absolute atomic E-state index is 0.0225. The van der Waals surface area contributed by atoms with Crippen LogP contribution in [0.5, 0.6) is 0 Å². The minimum Gasteiger partial charge on any atom is -0.481 e. The summed E-state index contributed by atoms with van der Waals surface area (Å²) in [5, 5.41) is 17.5. The Hall–Kier alpha value is -2.41. The van der Waals surface area contributed by atoms with Gasteiger partial charge in [-0.05, 0) is 31.0 Å². The lowest BCUT2D eigenvalue weighted by molar-refractivity contribution is -0.137. The number of carboxylic acids is 1. The summed E-state index contributed by atoms with van der Waals surface area (Å²) in [4.78, 5) is 24.8. The average Bonchev–Trinajstić information content (AvgIpc) is 2.97. The molecule has 134 valence electrons. The number of halogens is 1. The van der Waals surface area contributed by atoms with Gasteiger partial charge in [0.25, 0.3) is 5.91 Å². The maximum absolute atomic E-state index is 12.7. The summed E-state index contributed by atoms with van der Waals surface area (Å²) in [5.74, 6) is -1.14. The van der Waals surface area contributed by atoms with E-state index >= 15 is 0 Å². The summed E-state index contributed by atoms with van der Waals surface area (Å²) in [5.41, 5.74) is 1.76. The number of carboxylic acid groups (broad SMARTS) is 1. The molecule has 0 radical (unpaired) electrons. The van der Waals surface area contributed by atoms with Crippen LogP contribution in [0.1, 0.15) is 42.4 Å². The van der Waals surface area contributed by atoms with Gasteiger partial charge < -0.3 is 10.0 Å². The van der Waals surface area contributed by atoms with Gasteiger partial charge in [0.1, 0.15) is 0 Å². The number of amides is 1. The molecule has 25 heavy (non-hydrogen) atoms. The second kappa shape index (κ2) is 8.62. The summed E-state index contributed by atoms with van der Waals surface area (Å²) < 4.78 is 1.63. The first-order valence-electron chi connectivity index (χ1n) is 8.11. The molecule has 2 aromatic rings. The number of hydrogen-bond acceptors (Lipinski definition) is 4. The number of carbonyl (C=O) groups is 2. The SMILES string of the molecule is CCCc1c(C(=O)N(C)CCCC(=O)O)nnn1-c1cccc(Cl)c1. The molecule has 0 aliphatic carbocycles. The zero-order chi connectivity index (χ0) is 18.4. The molecular formula is C17H21ClN4O3. The van der Waals surface area contributed by atoms with Gasteiger partial charge in [-0.2, -0.15) is 0 Å². The molecule has 0 saturated carbocycles. The first-order chi connectivity index (χ1) is 11.9. The van der Waals surface area contributed by atoms with Gasteiger partial charge in [-0.3, -0.25) is 9.59 Å². The van der Waals surface area contributed by atoms with Crippen molar-refractivity contribution in [2.45, 2.75) is 32.6 Å². The molecule has 1 N–H and O–H groups in total. The first-order valence-corrected chi connectivity index (χ1v) is 8.49. The van der Waals surface area contributed by atoms with Crippen LogP contribution in [0, 0.1) is 0 Å². The van der Waals surface area contributed by atoms with E-state index in [9.17, 15) is 9.59 Å². The topological polar surface area (TPSA) is 88.3 Å². The molecule has 1 amide bonds. The fraction of sp³-hybridized carbons (Fsp3) is 0.412. The molecule has 0 saturated heterocycles. The molecule has 0 bridgehead atoms. The third-order valence-electron chi connectivity index (χ3n) is 3.74. The average molecular weight is 365 g/mol. The molecule has 0 aliphatic rings. The van der Waals surface area contributed by atoms with Crippen LogP contribution in [0.25, 0.3) is 5.69 Å². The van der Waals surface area contributed by atoms with Crippen LogP contribution < -0.4 is 0 Å². The highest BCUT2D eigenvalue weighted by Crippen LogP contribution is 2.19. The second-order valence-electron chi connectivity index (χ2n) is 5.75. The Morgan fingerprint density at radius 1 is 1.36 bits per heavy atom. The van der Waals surface area contributed by atoms with Crippen LogP contribution in [0.15, 0.2) is 24.3 Å². The van der Waals surface area contributed by atoms with Gasteiger partial charge >= 0.3 is 5.97 Å². The van der Waals surface area contributed by atoms with Crippen molar-refractivity contribution in [3.8, 4) is 5.69 Å². The van der Waals surface area contributed by atoms with Crippen molar-refractivity contribution in [2.75, 3.05) is 13.6 Å². The standard InChI is InChI=1S/C17H21ClN4O3/c1-3-6-14-16(17(25)21(2)10-5-9-15(23)24)19-20-22(14)13-8-4-7-12(18)11-13/h4,7-8,11H,3,5-6,9-10H2,1-2H3,(H,23,24). The Labute approximate surface area is 151 Å². The summed E-state index contributed by atoms with van der Waals surface area (Å²) >= 11 is 6.04. The van der Waals surface area contributed by atoms with Gasteiger partial charge in [-0.15, -0.1) is 5.10 Å². The zero-order valence-electron chi connectivity index (χ0n) is 14.3. The Morgan fingerprint density at radius 3 is 2.76 bits per heavy atom. The van der Waals surface area contributed by atoms with Crippen molar-refractivity contribution >= 4 is 23.5 Å². The largest absolute Gasteiger partial charge is 0.481 e. The maximum Gasteiger partial charge on any atom is 0.303 e. The van der Waals surface area contributed by atoms with Gasteiger partial charge in [0.05, 0.1) is 11.4 Å². The van der Waals surface area contributed by atoms with Crippen LogP contribution in [0.2, 0.25) is 5.02 Å². The summed E-state index contributed by atoms with van der Waals surface area (Å²) in [6.07, 6.45) is 1.89. The summed E-state index contributed by atoms with van der Waals surface area (Å²) in [7, 11) is 1.64. The van der Waals surface area contributed by atoms with Gasteiger partial charge in [0.2, 0.25) is 0 Å². The lowest BCUT2D eigenvalue weighted by Crippen LogP contribution is -2.29. The lowest BCUT2D eigenvalue weighted by atomic mass is 10.1. The van der Waals surface area contributed by atoms with Crippen molar-refractivity contribution in [1.82, 2.24) is 19.9 Å². The Bertz CT molecular complexity index is 760. The number of hydrogen-bond donors (Lipinski definition) is 1. The molecule has 1 aromatic heterocycles. The summed E-state index contributed by atoms with van der Waals surface area (Å²) in [6, 6.07) is 7.20. The van der Waals surface area contributed by atoms with Crippen molar-refractivity contribution in [1.29, 1.82) is 0 Å². The first kappa shape index (κ1) is 18.9. The third-order valence-corrected chi connectivity index (χ3v) is 3.97. The predicted molar refractivity (Wildman–Crippen MR) is 94.2 cm³/mol. The monoisotopic (exact) mass is 364 g/mol. The van der Waals surface area contributed by atoms with E-state index in [-0.39, 0.29) is 12.3 Å². The van der Waals surface area contributed by atoms with Crippen LogP contribution >= 0.6 is 11.6 Å². The molecule has 0 aliphatic heterocycles. The second-order valence-corrected chi connectivity index (χ2v) is 6.19. The molecule has 8 heteroatoms. The Morgan fingerprint density at radius 2 is 2.12 bits per heavy atom. The van der Waals surface area contributed by atoms with Crippen molar-refractivity contribution < 1.29 is 14.7 Å². The molecule has 0 fully saturated rings.